The van der Waals surface area contributed by atoms with Crippen LogP contribution < -0.4 is 5.32 Å². The first-order valence-electron chi connectivity index (χ1n) is 4.60. The van der Waals surface area contributed by atoms with Crippen LogP contribution in [-0.4, -0.2) is 48.0 Å². The molecule has 2 fully saturated rings. The van der Waals surface area contributed by atoms with Crippen LogP contribution in [0.3, 0.4) is 0 Å². The number of hydrogen-bond acceptors (Lipinski definition) is 4. The molecule has 2 heterocycles. The molecular formula is C8H13N3O2. The standard InChI is InChI=1S/C8H13N3O2/c12-7-1-2-8(13)11(7)10-5-3-9-4-6-10/h9H,1-6H2. The lowest BCUT2D eigenvalue weighted by Crippen LogP contribution is -2.54. The van der Waals surface area contributed by atoms with Crippen molar-refractivity contribution in [2.45, 2.75) is 12.8 Å². The summed E-state index contributed by atoms with van der Waals surface area (Å²) in [7, 11) is 0. The zero-order valence-electron chi connectivity index (χ0n) is 7.45. The zero-order chi connectivity index (χ0) is 9.26. The van der Waals surface area contributed by atoms with Gasteiger partial charge < -0.3 is 5.32 Å². The molecule has 0 unspecified atom stereocenters. The number of imide groups is 1. The van der Waals surface area contributed by atoms with E-state index < -0.39 is 0 Å². The molecule has 2 amide bonds. The van der Waals surface area contributed by atoms with E-state index in [1.807, 2.05) is 5.01 Å². The molecule has 0 spiro atoms. The van der Waals surface area contributed by atoms with Gasteiger partial charge in [-0.25, -0.2) is 10.0 Å². The lowest BCUT2D eigenvalue weighted by atomic mass is 10.4. The topological polar surface area (TPSA) is 52.7 Å². The number of amides is 2. The van der Waals surface area contributed by atoms with E-state index in [1.54, 1.807) is 0 Å². The second-order valence-electron chi connectivity index (χ2n) is 3.30. The van der Waals surface area contributed by atoms with Crippen molar-refractivity contribution in [2.75, 3.05) is 26.2 Å². The van der Waals surface area contributed by atoms with E-state index in [1.165, 1.54) is 5.01 Å². The smallest absolute Gasteiger partial charge is 0.244 e. The summed E-state index contributed by atoms with van der Waals surface area (Å²) in [5, 5.41) is 6.34. The summed E-state index contributed by atoms with van der Waals surface area (Å²) in [6.07, 6.45) is 0.755. The van der Waals surface area contributed by atoms with Gasteiger partial charge in [0, 0.05) is 39.0 Å². The van der Waals surface area contributed by atoms with Crippen LogP contribution >= 0.6 is 0 Å². The van der Waals surface area contributed by atoms with E-state index in [-0.39, 0.29) is 11.8 Å². The van der Waals surface area contributed by atoms with Gasteiger partial charge in [0.15, 0.2) is 0 Å². The molecule has 1 N–H and O–H groups in total. The number of nitrogens with zero attached hydrogens (tertiary/aromatic N) is 2. The number of hydrazine groups is 1. The van der Waals surface area contributed by atoms with Crippen LogP contribution in [0.25, 0.3) is 0 Å². The van der Waals surface area contributed by atoms with Crippen molar-refractivity contribution in [3.8, 4) is 0 Å². The van der Waals surface area contributed by atoms with Gasteiger partial charge in [0.05, 0.1) is 0 Å². The lowest BCUT2D eigenvalue weighted by molar-refractivity contribution is -0.158. The van der Waals surface area contributed by atoms with Crippen molar-refractivity contribution in [1.29, 1.82) is 0 Å². The van der Waals surface area contributed by atoms with Crippen molar-refractivity contribution in [3.05, 3.63) is 0 Å². The quantitative estimate of drug-likeness (QED) is 0.527. The number of carbonyl (C=O) groups is 2. The Bertz CT molecular complexity index is 220. The highest BCUT2D eigenvalue weighted by atomic mass is 16.2. The molecule has 2 aliphatic heterocycles. The van der Waals surface area contributed by atoms with E-state index in [4.69, 9.17) is 0 Å². The maximum Gasteiger partial charge on any atom is 0.244 e. The van der Waals surface area contributed by atoms with Crippen molar-refractivity contribution in [3.63, 3.8) is 0 Å². The summed E-state index contributed by atoms with van der Waals surface area (Å²) in [5.41, 5.74) is 0. The number of piperazine rings is 1. The highest BCUT2D eigenvalue weighted by Crippen LogP contribution is 2.14. The molecule has 13 heavy (non-hydrogen) atoms. The Kier molecular flexibility index (Phi) is 2.28. The highest BCUT2D eigenvalue weighted by molar-refractivity contribution is 6.01. The van der Waals surface area contributed by atoms with Crippen molar-refractivity contribution in [1.82, 2.24) is 15.3 Å². The molecule has 5 nitrogen and oxygen atoms in total. The van der Waals surface area contributed by atoms with Crippen molar-refractivity contribution < 1.29 is 9.59 Å². The highest BCUT2D eigenvalue weighted by Gasteiger charge is 2.34. The molecule has 2 rings (SSSR count). The zero-order valence-corrected chi connectivity index (χ0v) is 7.45. The molecule has 5 heteroatoms. The third-order valence-corrected chi connectivity index (χ3v) is 2.40. The second kappa shape index (κ2) is 3.43. The largest absolute Gasteiger partial charge is 0.314 e. The van der Waals surface area contributed by atoms with E-state index in [0.29, 0.717) is 12.8 Å². The average Bonchev–Trinajstić information content (AvgIpc) is 2.48. The van der Waals surface area contributed by atoms with Crippen LogP contribution in [0, 0.1) is 0 Å². The summed E-state index contributed by atoms with van der Waals surface area (Å²) in [4.78, 5) is 22.7. The van der Waals surface area contributed by atoms with Crippen LogP contribution in [0.2, 0.25) is 0 Å². The van der Waals surface area contributed by atoms with Crippen LogP contribution in [0.15, 0.2) is 0 Å². The van der Waals surface area contributed by atoms with Gasteiger partial charge in [-0.2, -0.15) is 0 Å². The number of hydrogen-bond donors (Lipinski definition) is 1. The third-order valence-electron chi connectivity index (χ3n) is 2.40. The first-order chi connectivity index (χ1) is 6.29. The fourth-order valence-electron chi connectivity index (χ4n) is 1.73. The second-order valence-corrected chi connectivity index (χ2v) is 3.30. The molecule has 0 aromatic heterocycles. The Morgan fingerprint density at radius 2 is 1.54 bits per heavy atom. The van der Waals surface area contributed by atoms with E-state index in [9.17, 15) is 9.59 Å². The van der Waals surface area contributed by atoms with Gasteiger partial charge in [-0.3, -0.25) is 9.59 Å². The first kappa shape index (κ1) is 8.65. The fourth-order valence-corrected chi connectivity index (χ4v) is 1.73. The number of nitrogens with one attached hydrogen (secondary N) is 1. The first-order valence-corrected chi connectivity index (χ1v) is 4.60. The maximum absolute atomic E-state index is 11.3. The summed E-state index contributed by atoms with van der Waals surface area (Å²) >= 11 is 0. The Morgan fingerprint density at radius 1 is 1.00 bits per heavy atom. The monoisotopic (exact) mass is 183 g/mol. The Morgan fingerprint density at radius 3 is 2.08 bits per heavy atom. The van der Waals surface area contributed by atoms with Gasteiger partial charge in [0.2, 0.25) is 11.8 Å². The van der Waals surface area contributed by atoms with Crippen molar-refractivity contribution in [2.24, 2.45) is 0 Å². The normalized spacial score (nSPS) is 25.7. The maximum atomic E-state index is 11.3. The summed E-state index contributed by atoms with van der Waals surface area (Å²) in [6.45, 7) is 3.18. The molecule has 0 bridgehead atoms. The molecule has 2 aliphatic rings. The molecule has 0 saturated carbocycles. The summed E-state index contributed by atoms with van der Waals surface area (Å²) in [5.74, 6) is -0.0983. The molecule has 0 aromatic rings. The van der Waals surface area contributed by atoms with Gasteiger partial charge in [-0.05, 0) is 0 Å². The van der Waals surface area contributed by atoms with E-state index in [2.05, 4.69) is 5.32 Å². The van der Waals surface area contributed by atoms with Crippen LogP contribution in [0.1, 0.15) is 12.8 Å². The van der Waals surface area contributed by atoms with Gasteiger partial charge in [0.1, 0.15) is 0 Å². The molecule has 0 aliphatic carbocycles. The third kappa shape index (κ3) is 1.57. The molecule has 2 saturated heterocycles. The molecule has 0 atom stereocenters. The predicted molar refractivity (Wildman–Crippen MR) is 45.5 cm³/mol. The van der Waals surface area contributed by atoms with E-state index >= 15 is 0 Å². The lowest BCUT2D eigenvalue weighted by Gasteiger charge is -2.33. The Balaban J connectivity index is 2.05. The van der Waals surface area contributed by atoms with Gasteiger partial charge in [0.25, 0.3) is 0 Å². The Hall–Kier alpha value is -0.940. The number of carbonyl (C=O) groups excluding carboxylic acids is 2. The minimum Gasteiger partial charge on any atom is -0.314 e. The SMILES string of the molecule is O=C1CCC(=O)N1N1CCNCC1. The summed E-state index contributed by atoms with van der Waals surface area (Å²) in [6, 6.07) is 0. The van der Waals surface area contributed by atoms with Crippen LogP contribution in [0.5, 0.6) is 0 Å². The van der Waals surface area contributed by atoms with E-state index in [0.717, 1.165) is 26.2 Å². The molecular weight excluding hydrogens is 170 g/mol. The molecule has 0 radical (unpaired) electrons. The summed E-state index contributed by atoms with van der Waals surface area (Å²) < 4.78 is 0. The van der Waals surface area contributed by atoms with Gasteiger partial charge in [-0.15, -0.1) is 0 Å². The Labute approximate surface area is 76.6 Å². The molecule has 72 valence electrons. The van der Waals surface area contributed by atoms with Crippen molar-refractivity contribution >= 4 is 11.8 Å². The van der Waals surface area contributed by atoms with Crippen LogP contribution in [0.4, 0.5) is 0 Å². The van der Waals surface area contributed by atoms with Gasteiger partial charge in [-0.1, -0.05) is 0 Å². The van der Waals surface area contributed by atoms with Gasteiger partial charge >= 0.3 is 0 Å². The molecule has 0 aromatic carbocycles. The fraction of sp³-hybridized carbons (Fsp3) is 0.750. The average molecular weight is 183 g/mol. The minimum atomic E-state index is -0.0492. The predicted octanol–water partition coefficient (Wildman–Crippen LogP) is -1.04. The van der Waals surface area contributed by atoms with Crippen LogP contribution in [-0.2, 0) is 9.59 Å². The number of rotatable bonds is 1. The minimum absolute atomic E-state index is 0.0492.